The Bertz CT molecular complexity index is 1220. The number of hydrogen-bond acceptors (Lipinski definition) is 5. The summed E-state index contributed by atoms with van der Waals surface area (Å²) in [4.78, 5) is 37.3. The first-order chi connectivity index (χ1) is 16.9. The average molecular weight is 555 g/mol. The van der Waals surface area contributed by atoms with Crippen LogP contribution in [0.2, 0.25) is 0 Å². The summed E-state index contributed by atoms with van der Waals surface area (Å²) in [7, 11) is 0. The highest BCUT2D eigenvalue weighted by molar-refractivity contribution is 9.10. The predicted octanol–water partition coefficient (Wildman–Crippen LogP) is 4.44. The van der Waals surface area contributed by atoms with Crippen LogP contribution in [0.15, 0.2) is 77.3 Å². The summed E-state index contributed by atoms with van der Waals surface area (Å²) in [6, 6.07) is 20.2. The molecule has 35 heavy (non-hydrogen) atoms. The molecule has 10 heteroatoms. The molecule has 0 atom stereocenters. The van der Waals surface area contributed by atoms with Crippen molar-refractivity contribution in [3.8, 4) is 5.75 Å². The lowest BCUT2D eigenvalue weighted by molar-refractivity contribution is 0.0933. The van der Waals surface area contributed by atoms with Gasteiger partial charge in [0.1, 0.15) is 5.75 Å². The minimum Gasteiger partial charge on any atom is -0.493 e. The molecular formula is C25H23BrN4O4S. The lowest BCUT2D eigenvalue weighted by atomic mass is 10.1. The van der Waals surface area contributed by atoms with Gasteiger partial charge in [0.05, 0.1) is 12.2 Å². The van der Waals surface area contributed by atoms with E-state index in [4.69, 9.17) is 17.0 Å². The minimum absolute atomic E-state index is 0.0866. The second kappa shape index (κ2) is 12.6. The molecule has 4 N–H and O–H groups in total. The standard InChI is InChI=1S/C25H23BrN4O4S/c1-2-14-34-21-13-10-18(26)15-20(21)24(33)28-25(35)30-29-23(32)17-8-11-19(12-9-17)27-22(31)16-6-4-3-5-7-16/h3-13,15H,2,14H2,1H3,(H,27,31)(H,29,32)(H2,28,30,33,35). The Balaban J connectivity index is 1.52. The maximum absolute atomic E-state index is 12.6. The Morgan fingerprint density at radius 3 is 2.23 bits per heavy atom. The Morgan fingerprint density at radius 2 is 1.54 bits per heavy atom. The number of nitrogens with one attached hydrogen (secondary N) is 4. The maximum atomic E-state index is 12.6. The third-order valence-electron chi connectivity index (χ3n) is 4.61. The quantitative estimate of drug-likeness (QED) is 0.254. The molecule has 3 aromatic rings. The number of rotatable bonds is 7. The molecule has 0 bridgehead atoms. The van der Waals surface area contributed by atoms with Crippen LogP contribution in [-0.4, -0.2) is 29.4 Å². The molecule has 0 saturated heterocycles. The summed E-state index contributed by atoms with van der Waals surface area (Å²) in [5.41, 5.74) is 6.63. The Morgan fingerprint density at radius 1 is 0.857 bits per heavy atom. The Hall–Kier alpha value is -3.76. The number of ether oxygens (including phenoxy) is 1. The lowest BCUT2D eigenvalue weighted by Gasteiger charge is -2.14. The Kier molecular flexibility index (Phi) is 9.33. The molecule has 0 aliphatic rings. The summed E-state index contributed by atoms with van der Waals surface area (Å²) in [5, 5.41) is 5.19. The zero-order valence-corrected chi connectivity index (χ0v) is 21.2. The van der Waals surface area contributed by atoms with E-state index in [1.807, 2.05) is 13.0 Å². The van der Waals surface area contributed by atoms with Crippen LogP contribution >= 0.6 is 28.1 Å². The summed E-state index contributed by atoms with van der Waals surface area (Å²) in [6.07, 6.45) is 0.795. The second-order valence-electron chi connectivity index (χ2n) is 7.25. The third-order valence-corrected chi connectivity index (χ3v) is 5.30. The summed E-state index contributed by atoms with van der Waals surface area (Å²) >= 11 is 8.46. The minimum atomic E-state index is -0.484. The fraction of sp³-hybridized carbons (Fsp3) is 0.120. The number of anilines is 1. The van der Waals surface area contributed by atoms with Crippen LogP contribution in [-0.2, 0) is 0 Å². The smallest absolute Gasteiger partial charge is 0.269 e. The first kappa shape index (κ1) is 25.9. The van der Waals surface area contributed by atoms with Crippen LogP contribution < -0.4 is 26.2 Å². The molecule has 0 unspecified atom stereocenters. The molecule has 3 rings (SSSR count). The predicted molar refractivity (Wildman–Crippen MR) is 141 cm³/mol. The fourth-order valence-electron chi connectivity index (χ4n) is 2.90. The first-order valence-corrected chi connectivity index (χ1v) is 11.9. The number of thiocarbonyl (C=S) groups is 1. The van der Waals surface area contributed by atoms with Gasteiger partial charge in [0.25, 0.3) is 17.7 Å². The van der Waals surface area contributed by atoms with Crippen LogP contribution in [0.5, 0.6) is 5.75 Å². The molecule has 0 fully saturated rings. The normalized spacial score (nSPS) is 10.1. The number of hydrazine groups is 1. The molecule has 8 nitrogen and oxygen atoms in total. The zero-order chi connectivity index (χ0) is 25.2. The van der Waals surface area contributed by atoms with E-state index in [1.54, 1.807) is 66.7 Å². The monoisotopic (exact) mass is 554 g/mol. The number of halogens is 1. The second-order valence-corrected chi connectivity index (χ2v) is 8.57. The SMILES string of the molecule is CCCOc1ccc(Br)cc1C(=O)NC(=S)NNC(=O)c1ccc(NC(=O)c2ccccc2)cc1. The molecule has 0 spiro atoms. The van der Waals surface area contributed by atoms with E-state index < -0.39 is 11.8 Å². The van der Waals surface area contributed by atoms with Crippen molar-refractivity contribution in [3.63, 3.8) is 0 Å². The van der Waals surface area contributed by atoms with Crippen molar-refractivity contribution in [2.75, 3.05) is 11.9 Å². The summed E-state index contributed by atoms with van der Waals surface area (Å²) in [6.45, 7) is 2.43. The number of carbonyl (C=O) groups excluding carboxylic acids is 3. The highest BCUT2D eigenvalue weighted by Gasteiger charge is 2.15. The van der Waals surface area contributed by atoms with E-state index in [-0.39, 0.29) is 11.0 Å². The molecule has 0 radical (unpaired) electrons. The molecule has 0 aromatic heterocycles. The third kappa shape index (κ3) is 7.62. The van der Waals surface area contributed by atoms with E-state index in [0.717, 1.165) is 6.42 Å². The number of benzene rings is 3. The average Bonchev–Trinajstić information content (AvgIpc) is 2.87. The van der Waals surface area contributed by atoms with Crippen molar-refractivity contribution in [2.24, 2.45) is 0 Å². The van der Waals surface area contributed by atoms with Crippen LogP contribution in [0.1, 0.15) is 44.4 Å². The molecule has 3 amide bonds. The van der Waals surface area contributed by atoms with Gasteiger partial charge in [-0.15, -0.1) is 0 Å². The number of amides is 3. The van der Waals surface area contributed by atoms with Gasteiger partial charge in [-0.05, 0) is 73.2 Å². The van der Waals surface area contributed by atoms with Gasteiger partial charge in [-0.3, -0.25) is 30.6 Å². The van der Waals surface area contributed by atoms with Gasteiger partial charge in [-0.2, -0.15) is 0 Å². The van der Waals surface area contributed by atoms with Crippen LogP contribution in [0.3, 0.4) is 0 Å². The topological polar surface area (TPSA) is 109 Å². The highest BCUT2D eigenvalue weighted by Crippen LogP contribution is 2.23. The van der Waals surface area contributed by atoms with Gasteiger partial charge in [0, 0.05) is 21.3 Å². The lowest BCUT2D eigenvalue weighted by Crippen LogP contribution is -2.48. The largest absolute Gasteiger partial charge is 0.493 e. The molecule has 0 aliphatic heterocycles. The summed E-state index contributed by atoms with van der Waals surface area (Å²) in [5.74, 6) is -0.780. The van der Waals surface area contributed by atoms with Gasteiger partial charge in [0.2, 0.25) is 0 Å². The van der Waals surface area contributed by atoms with E-state index >= 15 is 0 Å². The molecule has 3 aromatic carbocycles. The van der Waals surface area contributed by atoms with E-state index in [1.165, 1.54) is 0 Å². The van der Waals surface area contributed by atoms with Gasteiger partial charge < -0.3 is 10.1 Å². The van der Waals surface area contributed by atoms with E-state index in [2.05, 4.69) is 37.4 Å². The molecule has 0 aliphatic carbocycles. The molecule has 0 heterocycles. The van der Waals surface area contributed by atoms with Crippen LogP contribution in [0.4, 0.5) is 5.69 Å². The molecule has 0 saturated carbocycles. The van der Waals surface area contributed by atoms with Gasteiger partial charge in [-0.1, -0.05) is 41.1 Å². The number of carbonyl (C=O) groups is 3. The van der Waals surface area contributed by atoms with E-state index in [9.17, 15) is 14.4 Å². The number of hydrogen-bond donors (Lipinski definition) is 4. The summed E-state index contributed by atoms with van der Waals surface area (Å²) < 4.78 is 6.33. The highest BCUT2D eigenvalue weighted by atomic mass is 79.9. The van der Waals surface area contributed by atoms with Crippen LogP contribution in [0, 0.1) is 0 Å². The maximum Gasteiger partial charge on any atom is 0.269 e. The van der Waals surface area contributed by atoms with Crippen molar-refractivity contribution in [3.05, 3.63) is 94.0 Å². The van der Waals surface area contributed by atoms with Crippen molar-refractivity contribution in [1.82, 2.24) is 16.2 Å². The zero-order valence-electron chi connectivity index (χ0n) is 18.8. The van der Waals surface area contributed by atoms with Gasteiger partial charge in [0.15, 0.2) is 5.11 Å². The van der Waals surface area contributed by atoms with Crippen LogP contribution in [0.25, 0.3) is 0 Å². The van der Waals surface area contributed by atoms with E-state index in [0.29, 0.717) is 39.2 Å². The molecule has 180 valence electrons. The van der Waals surface area contributed by atoms with Gasteiger partial charge >= 0.3 is 0 Å². The first-order valence-electron chi connectivity index (χ1n) is 10.7. The van der Waals surface area contributed by atoms with Crippen molar-refractivity contribution < 1.29 is 19.1 Å². The fourth-order valence-corrected chi connectivity index (χ4v) is 3.41. The van der Waals surface area contributed by atoms with Crippen molar-refractivity contribution in [2.45, 2.75) is 13.3 Å². The Labute approximate surface area is 216 Å². The molecular weight excluding hydrogens is 532 g/mol. The van der Waals surface area contributed by atoms with Crippen molar-refractivity contribution >= 4 is 56.7 Å². The van der Waals surface area contributed by atoms with Crippen molar-refractivity contribution in [1.29, 1.82) is 0 Å². The van der Waals surface area contributed by atoms with Gasteiger partial charge in [-0.25, -0.2) is 0 Å².